The summed E-state index contributed by atoms with van der Waals surface area (Å²) in [5.41, 5.74) is 13.4. The van der Waals surface area contributed by atoms with Crippen molar-refractivity contribution in [2.45, 2.75) is 19.3 Å². The summed E-state index contributed by atoms with van der Waals surface area (Å²) in [5, 5.41) is 2.17. The molecular weight excluding hydrogens is 572 g/mol. The summed E-state index contributed by atoms with van der Waals surface area (Å²) in [4.78, 5) is 7.51. The van der Waals surface area contributed by atoms with E-state index >= 15 is 0 Å². The van der Waals surface area contributed by atoms with Gasteiger partial charge in [-0.05, 0) is 87.3 Å². The van der Waals surface area contributed by atoms with Gasteiger partial charge in [-0.2, -0.15) is 0 Å². The maximum Gasteiger partial charge on any atom is 0.227 e. The lowest BCUT2D eigenvalue weighted by Crippen LogP contribution is -2.16. The van der Waals surface area contributed by atoms with Crippen molar-refractivity contribution in [1.82, 2.24) is 4.98 Å². The molecular formula is C44H32N2O. The zero-order valence-corrected chi connectivity index (χ0v) is 26.3. The fraction of sp³-hybridized carbons (Fsp3) is 0.0682. The van der Waals surface area contributed by atoms with Crippen LogP contribution in [0.25, 0.3) is 55.6 Å². The average molecular weight is 605 g/mol. The van der Waals surface area contributed by atoms with Crippen LogP contribution in [0.5, 0.6) is 0 Å². The molecule has 0 radical (unpaired) electrons. The SMILES string of the molecule is CC1(C)c2ccccc2-c2ccc(N(c3cccc(-c4ccccc4)c3)c3cccc4ccc5oc(-c6ccccc6)nc5c34)cc21. The number of hydrogen-bond acceptors (Lipinski definition) is 3. The third-order valence-electron chi connectivity index (χ3n) is 9.68. The number of hydrogen-bond donors (Lipinski definition) is 0. The van der Waals surface area contributed by atoms with Crippen LogP contribution in [0.2, 0.25) is 0 Å². The third-order valence-corrected chi connectivity index (χ3v) is 9.68. The van der Waals surface area contributed by atoms with E-state index in [1.54, 1.807) is 0 Å². The van der Waals surface area contributed by atoms with E-state index < -0.39 is 0 Å². The Kier molecular flexibility index (Phi) is 6.16. The Hall–Kier alpha value is -5.93. The molecule has 1 aliphatic carbocycles. The first-order chi connectivity index (χ1) is 23.1. The van der Waals surface area contributed by atoms with E-state index in [1.165, 1.54) is 33.4 Å². The van der Waals surface area contributed by atoms with Crippen molar-refractivity contribution in [3.05, 3.63) is 169 Å². The number of fused-ring (bicyclic) bond motifs is 6. The van der Waals surface area contributed by atoms with Crippen LogP contribution in [-0.2, 0) is 5.41 Å². The van der Waals surface area contributed by atoms with Gasteiger partial charge < -0.3 is 9.32 Å². The van der Waals surface area contributed by atoms with Crippen LogP contribution in [0.15, 0.2) is 162 Å². The average Bonchev–Trinajstić information content (AvgIpc) is 3.66. The Bertz CT molecular complexity index is 2440. The molecule has 0 N–H and O–H groups in total. The smallest absolute Gasteiger partial charge is 0.227 e. The predicted molar refractivity (Wildman–Crippen MR) is 195 cm³/mol. The second kappa shape index (κ2) is 10.6. The molecule has 1 heterocycles. The van der Waals surface area contributed by atoms with Crippen molar-refractivity contribution in [2.24, 2.45) is 0 Å². The second-order valence-electron chi connectivity index (χ2n) is 12.8. The van der Waals surface area contributed by atoms with E-state index in [9.17, 15) is 0 Å². The van der Waals surface area contributed by atoms with E-state index in [4.69, 9.17) is 9.40 Å². The number of oxazole rings is 1. The number of benzene rings is 7. The van der Waals surface area contributed by atoms with Crippen LogP contribution in [-0.4, -0.2) is 4.98 Å². The van der Waals surface area contributed by atoms with Gasteiger partial charge in [-0.1, -0.05) is 123 Å². The molecule has 0 unspecified atom stereocenters. The molecule has 0 amide bonds. The summed E-state index contributed by atoms with van der Waals surface area (Å²) in [6.07, 6.45) is 0. The molecule has 9 rings (SSSR count). The first-order valence-electron chi connectivity index (χ1n) is 16.1. The molecule has 0 spiro atoms. The molecule has 47 heavy (non-hydrogen) atoms. The Morgan fingerprint density at radius 3 is 2.04 bits per heavy atom. The van der Waals surface area contributed by atoms with E-state index in [2.05, 4.69) is 140 Å². The minimum Gasteiger partial charge on any atom is -0.436 e. The van der Waals surface area contributed by atoms with Crippen LogP contribution in [0.1, 0.15) is 25.0 Å². The second-order valence-corrected chi connectivity index (χ2v) is 12.8. The topological polar surface area (TPSA) is 29.3 Å². The van der Waals surface area contributed by atoms with Crippen molar-refractivity contribution in [3.8, 4) is 33.7 Å². The first kappa shape index (κ1) is 27.4. The first-order valence-corrected chi connectivity index (χ1v) is 16.1. The van der Waals surface area contributed by atoms with Crippen LogP contribution in [0.4, 0.5) is 17.1 Å². The molecule has 0 bridgehead atoms. The van der Waals surface area contributed by atoms with Gasteiger partial charge in [0.2, 0.25) is 5.89 Å². The van der Waals surface area contributed by atoms with Gasteiger partial charge in [0.15, 0.2) is 5.58 Å². The van der Waals surface area contributed by atoms with E-state index in [0.29, 0.717) is 5.89 Å². The van der Waals surface area contributed by atoms with Gasteiger partial charge in [0, 0.05) is 27.7 Å². The van der Waals surface area contributed by atoms with Crippen molar-refractivity contribution >= 4 is 38.9 Å². The number of aromatic nitrogens is 1. The lowest BCUT2D eigenvalue weighted by atomic mass is 9.82. The zero-order valence-electron chi connectivity index (χ0n) is 26.3. The van der Waals surface area contributed by atoms with Crippen LogP contribution in [0, 0.1) is 0 Å². The largest absolute Gasteiger partial charge is 0.436 e. The van der Waals surface area contributed by atoms with Crippen molar-refractivity contribution < 1.29 is 4.42 Å². The highest BCUT2D eigenvalue weighted by molar-refractivity contribution is 6.13. The van der Waals surface area contributed by atoms with Crippen molar-refractivity contribution in [1.29, 1.82) is 0 Å². The summed E-state index contributed by atoms with van der Waals surface area (Å²) in [5.74, 6) is 0.623. The normalized spacial score (nSPS) is 13.1. The molecule has 3 nitrogen and oxygen atoms in total. The Morgan fingerprint density at radius 1 is 0.532 bits per heavy atom. The fourth-order valence-electron chi connectivity index (χ4n) is 7.35. The Labute approximate surface area is 274 Å². The van der Waals surface area contributed by atoms with E-state index in [0.717, 1.165) is 44.5 Å². The Morgan fingerprint density at radius 2 is 1.21 bits per heavy atom. The molecule has 1 aliphatic rings. The van der Waals surface area contributed by atoms with Crippen molar-refractivity contribution in [2.75, 3.05) is 4.90 Å². The maximum absolute atomic E-state index is 6.38. The van der Waals surface area contributed by atoms with Gasteiger partial charge >= 0.3 is 0 Å². The van der Waals surface area contributed by atoms with Crippen LogP contribution < -0.4 is 4.90 Å². The molecule has 1 aromatic heterocycles. The van der Waals surface area contributed by atoms with Gasteiger partial charge in [-0.15, -0.1) is 0 Å². The quantitative estimate of drug-likeness (QED) is 0.196. The zero-order chi connectivity index (χ0) is 31.5. The third kappa shape index (κ3) is 4.39. The minimum atomic E-state index is -0.123. The fourth-order valence-corrected chi connectivity index (χ4v) is 7.35. The highest BCUT2D eigenvalue weighted by atomic mass is 16.3. The van der Waals surface area contributed by atoms with Gasteiger partial charge in [0.05, 0.1) is 5.69 Å². The highest BCUT2D eigenvalue weighted by Crippen LogP contribution is 2.51. The Balaban J connectivity index is 1.30. The predicted octanol–water partition coefficient (Wildman–Crippen LogP) is 12.1. The van der Waals surface area contributed by atoms with Gasteiger partial charge in [-0.3, -0.25) is 0 Å². The van der Waals surface area contributed by atoms with Gasteiger partial charge in [0.1, 0.15) is 5.52 Å². The molecule has 224 valence electrons. The van der Waals surface area contributed by atoms with Crippen LogP contribution >= 0.6 is 0 Å². The lowest BCUT2D eigenvalue weighted by Gasteiger charge is -2.29. The number of nitrogens with zero attached hydrogens (tertiary/aromatic N) is 2. The molecule has 0 fully saturated rings. The van der Waals surface area contributed by atoms with E-state index in [1.807, 2.05) is 36.4 Å². The summed E-state index contributed by atoms with van der Waals surface area (Å²) in [7, 11) is 0. The molecule has 0 saturated heterocycles. The van der Waals surface area contributed by atoms with Gasteiger partial charge in [0.25, 0.3) is 0 Å². The maximum atomic E-state index is 6.38. The lowest BCUT2D eigenvalue weighted by molar-refractivity contribution is 0.620. The number of rotatable bonds is 5. The number of anilines is 3. The molecule has 7 aromatic carbocycles. The van der Waals surface area contributed by atoms with Gasteiger partial charge in [-0.25, -0.2) is 4.98 Å². The molecule has 8 aromatic rings. The highest BCUT2D eigenvalue weighted by Gasteiger charge is 2.36. The summed E-state index contributed by atoms with van der Waals surface area (Å²) in [6, 6.07) is 56.0. The monoisotopic (exact) mass is 604 g/mol. The summed E-state index contributed by atoms with van der Waals surface area (Å²) < 4.78 is 6.38. The minimum absolute atomic E-state index is 0.123. The molecule has 0 saturated carbocycles. The standard InChI is InChI=1S/C44H32N2O/c1-44(2)37-21-10-9-20-35(37)36-25-24-34(28-38(36)44)46(33-19-11-18-32(27-33)29-13-5-3-6-14-29)39-22-12-17-30-23-26-40-42(41(30)39)45-43(47-40)31-15-7-4-8-16-31/h3-28H,1-2H3. The molecule has 0 atom stereocenters. The van der Waals surface area contributed by atoms with Crippen LogP contribution in [0.3, 0.4) is 0 Å². The molecule has 3 heteroatoms. The van der Waals surface area contributed by atoms with E-state index in [-0.39, 0.29) is 5.41 Å². The summed E-state index contributed by atoms with van der Waals surface area (Å²) >= 11 is 0. The van der Waals surface area contributed by atoms with Crippen molar-refractivity contribution in [3.63, 3.8) is 0 Å². The summed E-state index contributed by atoms with van der Waals surface area (Å²) in [6.45, 7) is 4.67. The molecule has 0 aliphatic heterocycles.